The zero-order valence-corrected chi connectivity index (χ0v) is 10.4. The second-order valence-electron chi connectivity index (χ2n) is 3.83. The van der Waals surface area contributed by atoms with Crippen molar-refractivity contribution < 1.29 is 9.90 Å². The quantitative estimate of drug-likeness (QED) is 0.800. The lowest BCUT2D eigenvalue weighted by Gasteiger charge is -1.95. The van der Waals surface area contributed by atoms with E-state index in [2.05, 4.69) is 15.3 Å². The number of nitrogen functional groups attached to an aromatic ring is 1. The average molecular weight is 267 g/mol. The lowest BCUT2D eigenvalue weighted by Crippen LogP contribution is -2.01. The zero-order chi connectivity index (χ0) is 13.0. The Hall–Kier alpha value is -1.96. The zero-order valence-electron chi connectivity index (χ0n) is 9.61. The van der Waals surface area contributed by atoms with E-state index in [-0.39, 0.29) is 6.42 Å². The monoisotopic (exact) mass is 267 g/mol. The molecule has 0 radical (unpaired) electrons. The third-order valence-electron chi connectivity index (χ3n) is 2.30. The Morgan fingerprint density at radius 1 is 1.50 bits per heavy atom. The molecule has 2 aromatic rings. The van der Waals surface area contributed by atoms with Crippen LogP contribution in [0.4, 0.5) is 5.13 Å². The van der Waals surface area contributed by atoms with Gasteiger partial charge in [0.05, 0.1) is 17.9 Å². The molecule has 7 nitrogen and oxygen atoms in total. The van der Waals surface area contributed by atoms with Crippen molar-refractivity contribution in [2.45, 2.75) is 25.8 Å². The van der Waals surface area contributed by atoms with Gasteiger partial charge in [-0.3, -0.25) is 4.79 Å². The Labute approximate surface area is 107 Å². The number of rotatable bonds is 6. The second-order valence-corrected chi connectivity index (χ2v) is 4.72. The number of thiazole rings is 1. The molecule has 0 fully saturated rings. The summed E-state index contributed by atoms with van der Waals surface area (Å²) in [6.07, 6.45) is 3.13. The minimum Gasteiger partial charge on any atom is -0.481 e. The lowest BCUT2D eigenvalue weighted by atomic mass is 10.2. The third kappa shape index (κ3) is 3.52. The van der Waals surface area contributed by atoms with Crippen molar-refractivity contribution in [2.75, 3.05) is 5.73 Å². The van der Waals surface area contributed by atoms with Crippen LogP contribution in [0.25, 0.3) is 0 Å². The summed E-state index contributed by atoms with van der Waals surface area (Å²) in [5, 5.41) is 18.9. The van der Waals surface area contributed by atoms with Crippen LogP contribution in [0.3, 0.4) is 0 Å². The van der Waals surface area contributed by atoms with Gasteiger partial charge in [0, 0.05) is 18.0 Å². The van der Waals surface area contributed by atoms with Crippen molar-refractivity contribution in [3.05, 3.63) is 23.0 Å². The Morgan fingerprint density at radius 3 is 3.00 bits per heavy atom. The number of nitrogens with two attached hydrogens (primary N) is 1. The molecule has 0 aliphatic rings. The minimum absolute atomic E-state index is 0.148. The van der Waals surface area contributed by atoms with Gasteiger partial charge in [0.1, 0.15) is 0 Å². The van der Waals surface area contributed by atoms with Crippen molar-refractivity contribution in [3.63, 3.8) is 0 Å². The summed E-state index contributed by atoms with van der Waals surface area (Å²) in [7, 11) is 0. The van der Waals surface area contributed by atoms with Crippen LogP contribution in [0.5, 0.6) is 0 Å². The molecule has 0 atom stereocenters. The highest BCUT2D eigenvalue weighted by Gasteiger charge is 2.05. The fourth-order valence-electron chi connectivity index (χ4n) is 1.51. The number of nitrogens with zero attached hydrogens (tertiary/aromatic N) is 4. The van der Waals surface area contributed by atoms with Gasteiger partial charge in [-0.1, -0.05) is 5.21 Å². The van der Waals surface area contributed by atoms with E-state index >= 15 is 0 Å². The molecule has 0 spiro atoms. The van der Waals surface area contributed by atoms with Crippen LogP contribution in [0.15, 0.2) is 11.6 Å². The van der Waals surface area contributed by atoms with E-state index in [1.54, 1.807) is 10.9 Å². The number of aliphatic carboxylic acids is 1. The highest BCUT2D eigenvalue weighted by atomic mass is 32.1. The predicted molar refractivity (Wildman–Crippen MR) is 66.2 cm³/mol. The van der Waals surface area contributed by atoms with E-state index in [1.807, 2.05) is 5.38 Å². The Kier molecular flexibility index (Phi) is 3.88. The number of carbonyl (C=O) groups is 1. The SMILES string of the molecule is Nc1nc(Cn2cc(CCCC(=O)O)nn2)cs1. The van der Waals surface area contributed by atoms with Gasteiger partial charge in [-0.15, -0.1) is 16.4 Å². The van der Waals surface area contributed by atoms with Gasteiger partial charge in [-0.05, 0) is 12.8 Å². The molecule has 18 heavy (non-hydrogen) atoms. The predicted octanol–water partition coefficient (Wildman–Crippen LogP) is 0.772. The molecule has 3 N–H and O–H groups in total. The fourth-order valence-corrected chi connectivity index (χ4v) is 2.07. The molecular formula is C10H13N5O2S. The van der Waals surface area contributed by atoms with Gasteiger partial charge >= 0.3 is 5.97 Å². The normalized spacial score (nSPS) is 10.7. The first kappa shape index (κ1) is 12.5. The summed E-state index contributed by atoms with van der Waals surface area (Å²) in [4.78, 5) is 14.5. The number of aryl methyl sites for hydroxylation is 1. The standard InChI is InChI=1S/C10H13N5O2S/c11-10-12-8(6-18-10)5-15-4-7(13-14-15)2-1-3-9(16)17/h4,6H,1-3,5H2,(H2,11,12)(H,16,17). The highest BCUT2D eigenvalue weighted by molar-refractivity contribution is 7.13. The maximum absolute atomic E-state index is 10.4. The van der Waals surface area contributed by atoms with Crippen LogP contribution >= 0.6 is 11.3 Å². The first-order valence-electron chi connectivity index (χ1n) is 5.44. The molecule has 0 aliphatic carbocycles. The van der Waals surface area contributed by atoms with Crippen molar-refractivity contribution in [3.8, 4) is 0 Å². The van der Waals surface area contributed by atoms with Gasteiger partial charge < -0.3 is 10.8 Å². The summed E-state index contributed by atoms with van der Waals surface area (Å²) in [5.74, 6) is -0.791. The summed E-state index contributed by atoms with van der Waals surface area (Å²) < 4.78 is 1.67. The van der Waals surface area contributed by atoms with Crippen LogP contribution < -0.4 is 5.73 Å². The van der Waals surface area contributed by atoms with Crippen LogP contribution in [-0.4, -0.2) is 31.1 Å². The summed E-state index contributed by atoms with van der Waals surface area (Å²) in [6, 6.07) is 0. The number of carboxylic acid groups (broad SMARTS) is 1. The van der Waals surface area contributed by atoms with Crippen LogP contribution in [-0.2, 0) is 17.8 Å². The van der Waals surface area contributed by atoms with E-state index in [4.69, 9.17) is 10.8 Å². The van der Waals surface area contributed by atoms with Crippen LogP contribution in [0.1, 0.15) is 24.2 Å². The van der Waals surface area contributed by atoms with Crippen molar-refractivity contribution in [1.29, 1.82) is 0 Å². The lowest BCUT2D eigenvalue weighted by molar-refractivity contribution is -0.137. The van der Waals surface area contributed by atoms with Crippen molar-refractivity contribution in [1.82, 2.24) is 20.0 Å². The Bertz CT molecular complexity index is 536. The topological polar surface area (TPSA) is 107 Å². The summed E-state index contributed by atoms with van der Waals surface area (Å²) >= 11 is 1.39. The highest BCUT2D eigenvalue weighted by Crippen LogP contribution is 2.12. The smallest absolute Gasteiger partial charge is 0.303 e. The molecule has 96 valence electrons. The summed E-state index contributed by atoms with van der Waals surface area (Å²) in [5.41, 5.74) is 7.18. The maximum atomic E-state index is 10.4. The number of carboxylic acids is 1. The molecule has 2 heterocycles. The Morgan fingerprint density at radius 2 is 2.33 bits per heavy atom. The average Bonchev–Trinajstić information content (AvgIpc) is 2.89. The molecule has 0 saturated carbocycles. The number of hydrogen-bond acceptors (Lipinski definition) is 6. The Balaban J connectivity index is 1.88. The van der Waals surface area contributed by atoms with E-state index < -0.39 is 5.97 Å². The van der Waals surface area contributed by atoms with Crippen molar-refractivity contribution in [2.24, 2.45) is 0 Å². The van der Waals surface area contributed by atoms with E-state index in [9.17, 15) is 4.79 Å². The number of anilines is 1. The summed E-state index contributed by atoms with van der Waals surface area (Å²) in [6.45, 7) is 0.527. The molecule has 0 aromatic carbocycles. The minimum atomic E-state index is -0.791. The molecule has 0 aliphatic heterocycles. The van der Waals surface area contributed by atoms with Gasteiger partial charge in [0.15, 0.2) is 5.13 Å². The number of hydrogen-bond donors (Lipinski definition) is 2. The largest absolute Gasteiger partial charge is 0.481 e. The molecule has 0 bridgehead atoms. The van der Waals surface area contributed by atoms with Gasteiger partial charge in [0.25, 0.3) is 0 Å². The molecule has 8 heteroatoms. The van der Waals surface area contributed by atoms with Gasteiger partial charge in [0.2, 0.25) is 0 Å². The van der Waals surface area contributed by atoms with Crippen molar-refractivity contribution >= 4 is 22.4 Å². The number of aromatic nitrogens is 4. The molecule has 0 amide bonds. The van der Waals surface area contributed by atoms with Gasteiger partial charge in [-0.2, -0.15) is 0 Å². The fraction of sp³-hybridized carbons (Fsp3) is 0.400. The molecule has 2 aromatic heterocycles. The molecule has 0 saturated heterocycles. The van der Waals surface area contributed by atoms with E-state index in [0.29, 0.717) is 24.5 Å². The molecule has 2 rings (SSSR count). The third-order valence-corrected chi connectivity index (χ3v) is 3.03. The van der Waals surface area contributed by atoms with Gasteiger partial charge in [-0.25, -0.2) is 9.67 Å². The maximum Gasteiger partial charge on any atom is 0.303 e. The first-order valence-corrected chi connectivity index (χ1v) is 6.32. The van der Waals surface area contributed by atoms with Crippen LogP contribution in [0.2, 0.25) is 0 Å². The first-order chi connectivity index (χ1) is 8.63. The van der Waals surface area contributed by atoms with Crippen LogP contribution in [0, 0.1) is 0 Å². The van der Waals surface area contributed by atoms with E-state index in [1.165, 1.54) is 11.3 Å². The van der Waals surface area contributed by atoms with E-state index in [0.717, 1.165) is 11.4 Å². The molecule has 0 unspecified atom stereocenters. The molecular weight excluding hydrogens is 254 g/mol. The second kappa shape index (κ2) is 5.58.